The number of nitrogens with one attached hydrogen (secondary N) is 2. The fraction of sp³-hybridized carbons (Fsp3) is 0.783. The molecule has 1 aromatic rings. The molecule has 6 nitrogen and oxygen atoms in total. The Labute approximate surface area is 188 Å². The Morgan fingerprint density at radius 3 is 2.56 bits per heavy atom. The van der Waals surface area contributed by atoms with Crippen LogP contribution in [0.15, 0.2) is 4.79 Å². The predicted molar refractivity (Wildman–Crippen MR) is 118 cm³/mol. The van der Waals surface area contributed by atoms with Crippen LogP contribution in [0.5, 0.6) is 0 Å². The van der Waals surface area contributed by atoms with E-state index in [1.807, 2.05) is 10.00 Å². The van der Waals surface area contributed by atoms with Crippen molar-refractivity contribution in [2.45, 2.75) is 84.9 Å². The van der Waals surface area contributed by atoms with E-state index in [1.165, 1.54) is 0 Å². The van der Waals surface area contributed by atoms with Gasteiger partial charge < -0.3 is 10.2 Å². The summed E-state index contributed by atoms with van der Waals surface area (Å²) in [7, 11) is 0. The summed E-state index contributed by atoms with van der Waals surface area (Å²) in [5.41, 5.74) is -2.15. The molecule has 1 heterocycles. The lowest BCUT2D eigenvalue weighted by atomic mass is 9.99. The third kappa shape index (κ3) is 6.80. The number of rotatable bonds is 12. The molecular formula is C23H37F3N4O2. The zero-order valence-electron chi connectivity index (χ0n) is 19.6. The van der Waals surface area contributed by atoms with Gasteiger partial charge in [-0.2, -0.15) is 18.3 Å². The van der Waals surface area contributed by atoms with Gasteiger partial charge in [0.05, 0.1) is 11.7 Å². The van der Waals surface area contributed by atoms with Crippen molar-refractivity contribution in [1.82, 2.24) is 20.4 Å². The molecule has 0 spiro atoms. The number of aromatic nitrogens is 2. The minimum absolute atomic E-state index is 0.0335. The molecule has 2 rings (SSSR count). The first-order valence-electron chi connectivity index (χ1n) is 11.8. The molecule has 2 N–H and O–H groups in total. The Balaban J connectivity index is 2.01. The fourth-order valence-corrected chi connectivity index (χ4v) is 4.40. The summed E-state index contributed by atoms with van der Waals surface area (Å²) < 4.78 is 39.8. The number of halogens is 3. The summed E-state index contributed by atoms with van der Waals surface area (Å²) in [6.07, 6.45) is 0.322. The molecule has 0 aromatic carbocycles. The predicted octanol–water partition coefficient (Wildman–Crippen LogP) is 4.46. The van der Waals surface area contributed by atoms with Crippen molar-refractivity contribution in [3.63, 3.8) is 0 Å². The molecule has 0 saturated heterocycles. The molecule has 0 saturated carbocycles. The number of fused-ring (bicyclic) bond motifs is 1. The van der Waals surface area contributed by atoms with Crippen molar-refractivity contribution in [1.29, 1.82) is 0 Å². The highest BCUT2D eigenvalue weighted by molar-refractivity contribution is 5.76. The highest BCUT2D eigenvalue weighted by Gasteiger charge is 2.41. The summed E-state index contributed by atoms with van der Waals surface area (Å²) in [4.78, 5) is 26.6. The van der Waals surface area contributed by atoms with Crippen molar-refractivity contribution in [2.75, 3.05) is 19.6 Å². The van der Waals surface area contributed by atoms with Crippen molar-refractivity contribution < 1.29 is 18.0 Å². The van der Waals surface area contributed by atoms with E-state index in [0.29, 0.717) is 24.8 Å². The maximum absolute atomic E-state index is 13.3. The summed E-state index contributed by atoms with van der Waals surface area (Å²) in [6.45, 7) is 10.4. The molecule has 1 aromatic heterocycles. The third-order valence-electron chi connectivity index (χ3n) is 6.48. The van der Waals surface area contributed by atoms with Gasteiger partial charge >= 0.3 is 6.18 Å². The Bertz CT molecular complexity index is 809. The highest BCUT2D eigenvalue weighted by atomic mass is 19.4. The van der Waals surface area contributed by atoms with Crippen LogP contribution >= 0.6 is 0 Å². The van der Waals surface area contributed by atoms with E-state index in [2.05, 4.69) is 38.1 Å². The van der Waals surface area contributed by atoms with E-state index in [0.717, 1.165) is 38.8 Å². The molecule has 182 valence electrons. The van der Waals surface area contributed by atoms with Gasteiger partial charge in [0, 0.05) is 26.1 Å². The standard InChI is InChI=1S/C23H37F3N4O2/c1-5-8-16(7-3)14-30(13-15(4)6-2)19(31)11-12-27-18-10-9-17-20(23(24,25)26)22(32)29-28-21(17)18/h15-16,18,27H,5-14H2,1-4H3,(H,29,32). The molecular weight excluding hydrogens is 421 g/mol. The SMILES string of the molecule is CCCC(CC)CN(CC(C)CC)C(=O)CCNC1CCc2c1n[nH]c(=O)c2C(F)(F)F. The molecule has 0 radical (unpaired) electrons. The topological polar surface area (TPSA) is 78.1 Å². The number of aromatic amines is 1. The molecule has 9 heteroatoms. The fourth-order valence-electron chi connectivity index (χ4n) is 4.40. The quantitative estimate of drug-likeness (QED) is 0.485. The van der Waals surface area contributed by atoms with Gasteiger partial charge in [0.15, 0.2) is 0 Å². The molecule has 0 bridgehead atoms. The van der Waals surface area contributed by atoms with E-state index in [-0.39, 0.29) is 30.0 Å². The van der Waals surface area contributed by atoms with Crippen LogP contribution in [0.3, 0.4) is 0 Å². The molecule has 0 aliphatic heterocycles. The van der Waals surface area contributed by atoms with Gasteiger partial charge in [-0.3, -0.25) is 9.59 Å². The second kappa shape index (κ2) is 11.8. The first-order valence-corrected chi connectivity index (χ1v) is 11.8. The number of carbonyl (C=O) groups excluding carboxylic acids is 1. The van der Waals surface area contributed by atoms with Crippen LogP contribution in [-0.4, -0.2) is 40.6 Å². The second-order valence-corrected chi connectivity index (χ2v) is 8.96. The van der Waals surface area contributed by atoms with E-state index in [9.17, 15) is 22.8 Å². The zero-order valence-corrected chi connectivity index (χ0v) is 19.6. The summed E-state index contributed by atoms with van der Waals surface area (Å²) in [5.74, 6) is 0.954. The monoisotopic (exact) mass is 458 g/mol. The number of hydrogen-bond acceptors (Lipinski definition) is 4. The molecule has 32 heavy (non-hydrogen) atoms. The molecule has 0 fully saturated rings. The number of H-pyrrole nitrogens is 1. The van der Waals surface area contributed by atoms with Crippen molar-refractivity contribution in [2.24, 2.45) is 11.8 Å². The van der Waals surface area contributed by atoms with Crippen molar-refractivity contribution >= 4 is 5.91 Å². The Hall–Kier alpha value is -1.90. The summed E-state index contributed by atoms with van der Waals surface area (Å²) in [6, 6.07) is -0.401. The Morgan fingerprint density at radius 2 is 1.97 bits per heavy atom. The minimum Gasteiger partial charge on any atom is -0.342 e. The van der Waals surface area contributed by atoms with Gasteiger partial charge in [-0.05, 0) is 36.7 Å². The van der Waals surface area contributed by atoms with Gasteiger partial charge in [-0.1, -0.05) is 47.0 Å². The average Bonchev–Trinajstić information content (AvgIpc) is 3.13. The third-order valence-corrected chi connectivity index (χ3v) is 6.48. The largest absolute Gasteiger partial charge is 0.422 e. The van der Waals surface area contributed by atoms with Gasteiger partial charge in [0.1, 0.15) is 5.56 Å². The lowest BCUT2D eigenvalue weighted by molar-refractivity contribution is -0.139. The maximum atomic E-state index is 13.3. The summed E-state index contributed by atoms with van der Waals surface area (Å²) in [5, 5.41) is 9.04. The van der Waals surface area contributed by atoms with Crippen LogP contribution in [0.1, 0.15) is 89.1 Å². The van der Waals surface area contributed by atoms with Crippen LogP contribution in [0, 0.1) is 11.8 Å². The van der Waals surface area contributed by atoms with E-state index in [4.69, 9.17) is 0 Å². The van der Waals surface area contributed by atoms with Gasteiger partial charge in [0.2, 0.25) is 5.91 Å². The smallest absolute Gasteiger partial charge is 0.342 e. The number of alkyl halides is 3. The molecule has 3 unspecified atom stereocenters. The highest BCUT2D eigenvalue weighted by Crippen LogP contribution is 2.37. The molecule has 1 amide bonds. The second-order valence-electron chi connectivity index (χ2n) is 8.96. The van der Waals surface area contributed by atoms with Crippen molar-refractivity contribution in [3.05, 3.63) is 27.2 Å². The van der Waals surface area contributed by atoms with Gasteiger partial charge in [0.25, 0.3) is 5.56 Å². The van der Waals surface area contributed by atoms with Crippen molar-refractivity contribution in [3.8, 4) is 0 Å². The van der Waals surface area contributed by atoms with E-state index < -0.39 is 23.3 Å². The first-order chi connectivity index (χ1) is 15.1. The molecule has 1 aliphatic carbocycles. The molecule has 1 aliphatic rings. The van der Waals surface area contributed by atoms with Crippen LogP contribution < -0.4 is 10.9 Å². The summed E-state index contributed by atoms with van der Waals surface area (Å²) >= 11 is 0. The van der Waals surface area contributed by atoms with Crippen LogP contribution in [-0.2, 0) is 17.4 Å². The Kier molecular flexibility index (Phi) is 9.73. The normalized spacial score (nSPS) is 17.8. The molecule has 3 atom stereocenters. The lowest BCUT2D eigenvalue weighted by Gasteiger charge is -2.29. The van der Waals surface area contributed by atoms with E-state index >= 15 is 0 Å². The minimum atomic E-state index is -4.71. The number of nitrogens with zero attached hydrogens (tertiary/aromatic N) is 2. The lowest BCUT2D eigenvalue weighted by Crippen LogP contribution is -2.39. The zero-order chi connectivity index (χ0) is 23.9. The van der Waals surface area contributed by atoms with Gasteiger partial charge in [-0.25, -0.2) is 5.10 Å². The average molecular weight is 459 g/mol. The Morgan fingerprint density at radius 1 is 1.25 bits per heavy atom. The van der Waals surface area contributed by atoms with Crippen LogP contribution in [0.25, 0.3) is 0 Å². The van der Waals surface area contributed by atoms with E-state index in [1.54, 1.807) is 0 Å². The number of amides is 1. The first kappa shape index (κ1) is 26.4. The van der Waals surface area contributed by atoms with Gasteiger partial charge in [-0.15, -0.1) is 0 Å². The van der Waals surface area contributed by atoms with Crippen LogP contribution in [0.4, 0.5) is 13.2 Å². The van der Waals surface area contributed by atoms with Crippen LogP contribution in [0.2, 0.25) is 0 Å². The number of carbonyl (C=O) groups is 1. The maximum Gasteiger partial charge on any atom is 0.422 e. The number of hydrogen-bond donors (Lipinski definition) is 2.